The van der Waals surface area contributed by atoms with E-state index < -0.39 is 16.0 Å². The highest BCUT2D eigenvalue weighted by molar-refractivity contribution is 7.98. The van der Waals surface area contributed by atoms with E-state index in [-0.39, 0.29) is 16.3 Å². The number of rotatable bonds is 6. The van der Waals surface area contributed by atoms with Crippen molar-refractivity contribution in [1.29, 1.82) is 0 Å². The van der Waals surface area contributed by atoms with Crippen molar-refractivity contribution in [2.24, 2.45) is 0 Å². The van der Waals surface area contributed by atoms with Crippen molar-refractivity contribution >= 4 is 27.8 Å². The summed E-state index contributed by atoms with van der Waals surface area (Å²) < 4.78 is 38.2. The number of benzene rings is 2. The van der Waals surface area contributed by atoms with E-state index in [1.54, 1.807) is 12.1 Å². The van der Waals surface area contributed by atoms with Gasteiger partial charge in [0.05, 0.1) is 10.5 Å². The van der Waals surface area contributed by atoms with E-state index in [1.165, 1.54) is 50.1 Å². The number of hydrogen-bond acceptors (Lipinski definition) is 4. The van der Waals surface area contributed by atoms with Crippen molar-refractivity contribution < 1.29 is 22.7 Å². The summed E-state index contributed by atoms with van der Waals surface area (Å²) in [6.45, 7) is 0. The summed E-state index contributed by atoms with van der Waals surface area (Å²) in [5, 5.41) is 9.36. The Kier molecular flexibility index (Phi) is 5.63. The Labute approximate surface area is 144 Å². The van der Waals surface area contributed by atoms with Crippen LogP contribution >= 0.6 is 11.8 Å². The van der Waals surface area contributed by atoms with Crippen LogP contribution in [0.3, 0.4) is 0 Å². The van der Waals surface area contributed by atoms with E-state index in [4.69, 9.17) is 0 Å². The van der Waals surface area contributed by atoms with Crippen LogP contribution in [-0.2, 0) is 15.8 Å². The number of sulfonamides is 1. The second-order valence-corrected chi connectivity index (χ2v) is 8.33. The summed E-state index contributed by atoms with van der Waals surface area (Å²) in [5.74, 6) is -1.10. The molecule has 24 heavy (non-hydrogen) atoms. The molecule has 5 nitrogen and oxygen atoms in total. The number of carboxylic acid groups (broad SMARTS) is 1. The summed E-state index contributed by atoms with van der Waals surface area (Å²) in [7, 11) is -0.939. The van der Waals surface area contributed by atoms with Gasteiger partial charge in [0.2, 0.25) is 10.0 Å². The fourth-order valence-corrected chi connectivity index (χ4v) is 3.82. The summed E-state index contributed by atoms with van der Waals surface area (Å²) in [6, 6.07) is 9.93. The Hall–Kier alpha value is -1.90. The van der Waals surface area contributed by atoms with Gasteiger partial charge in [0.1, 0.15) is 5.82 Å². The first kappa shape index (κ1) is 18.4. The number of nitrogens with zero attached hydrogens (tertiary/aromatic N) is 1. The third-order valence-electron chi connectivity index (χ3n) is 3.27. The summed E-state index contributed by atoms with van der Waals surface area (Å²) in [4.78, 5) is 11.8. The highest BCUT2D eigenvalue weighted by Crippen LogP contribution is 2.29. The molecule has 0 saturated carbocycles. The maximum absolute atomic E-state index is 12.9. The predicted molar refractivity (Wildman–Crippen MR) is 90.2 cm³/mol. The molecule has 0 aliphatic rings. The first-order chi connectivity index (χ1) is 11.2. The SMILES string of the molecule is CN(C)S(=O)(=O)c1ccc(SCc2ccc(F)cc2)c(C(=O)O)c1. The first-order valence-electron chi connectivity index (χ1n) is 6.89. The molecule has 0 atom stereocenters. The molecular formula is C16H16FNO4S2. The van der Waals surface area contributed by atoms with Gasteiger partial charge in [-0.15, -0.1) is 11.8 Å². The first-order valence-corrected chi connectivity index (χ1v) is 9.31. The average molecular weight is 369 g/mol. The minimum atomic E-state index is -3.70. The summed E-state index contributed by atoms with van der Waals surface area (Å²) in [5.41, 5.74) is 0.757. The monoisotopic (exact) mass is 369 g/mol. The fourth-order valence-electron chi connectivity index (χ4n) is 1.92. The van der Waals surface area contributed by atoms with Crippen molar-refractivity contribution in [3.8, 4) is 0 Å². The Morgan fingerprint density at radius 1 is 1.17 bits per heavy atom. The molecule has 8 heteroatoms. The molecule has 128 valence electrons. The zero-order valence-corrected chi connectivity index (χ0v) is 14.7. The molecule has 0 amide bonds. The van der Waals surface area contributed by atoms with Gasteiger partial charge in [-0.2, -0.15) is 0 Å². The van der Waals surface area contributed by atoms with Crippen molar-refractivity contribution in [2.75, 3.05) is 14.1 Å². The number of hydrogen-bond donors (Lipinski definition) is 1. The van der Waals surface area contributed by atoms with E-state index in [2.05, 4.69) is 0 Å². The van der Waals surface area contributed by atoms with Crippen LogP contribution < -0.4 is 0 Å². The van der Waals surface area contributed by atoms with Crippen LogP contribution in [0.1, 0.15) is 15.9 Å². The van der Waals surface area contributed by atoms with Crippen molar-refractivity contribution in [3.63, 3.8) is 0 Å². The highest BCUT2D eigenvalue weighted by Gasteiger charge is 2.21. The zero-order chi connectivity index (χ0) is 17.9. The third-order valence-corrected chi connectivity index (χ3v) is 6.22. The Balaban J connectivity index is 2.30. The lowest BCUT2D eigenvalue weighted by molar-refractivity contribution is 0.0693. The normalized spacial score (nSPS) is 11.7. The van der Waals surface area contributed by atoms with Crippen molar-refractivity contribution in [2.45, 2.75) is 15.5 Å². The molecular weight excluding hydrogens is 353 g/mol. The van der Waals surface area contributed by atoms with E-state index in [9.17, 15) is 22.7 Å². The lowest BCUT2D eigenvalue weighted by atomic mass is 10.2. The molecule has 1 N–H and O–H groups in total. The Bertz CT molecular complexity index is 849. The maximum Gasteiger partial charge on any atom is 0.336 e. The molecule has 0 fully saturated rings. The number of aromatic carboxylic acids is 1. The minimum Gasteiger partial charge on any atom is -0.478 e. The van der Waals surface area contributed by atoms with Gasteiger partial charge in [-0.05, 0) is 35.9 Å². The quantitative estimate of drug-likeness (QED) is 0.792. The van der Waals surface area contributed by atoms with E-state index in [0.29, 0.717) is 10.6 Å². The van der Waals surface area contributed by atoms with Crippen LogP contribution in [0.2, 0.25) is 0 Å². The Morgan fingerprint density at radius 3 is 2.33 bits per heavy atom. The van der Waals surface area contributed by atoms with E-state index in [0.717, 1.165) is 15.9 Å². The average Bonchev–Trinajstić information content (AvgIpc) is 2.53. The van der Waals surface area contributed by atoms with Gasteiger partial charge in [-0.25, -0.2) is 21.9 Å². The summed E-state index contributed by atoms with van der Waals surface area (Å²) >= 11 is 1.25. The fraction of sp³-hybridized carbons (Fsp3) is 0.188. The van der Waals surface area contributed by atoms with Crippen molar-refractivity contribution in [3.05, 3.63) is 59.4 Å². The predicted octanol–water partition coefficient (Wildman–Crippen LogP) is 3.07. The van der Waals surface area contributed by atoms with Gasteiger partial charge in [0.25, 0.3) is 0 Å². The van der Waals surface area contributed by atoms with Crippen LogP contribution in [0.5, 0.6) is 0 Å². The van der Waals surface area contributed by atoms with E-state index >= 15 is 0 Å². The zero-order valence-electron chi connectivity index (χ0n) is 13.1. The standard InChI is InChI=1S/C16H16FNO4S2/c1-18(2)24(21,22)13-7-8-15(14(9-13)16(19)20)23-10-11-3-5-12(17)6-4-11/h3-9H,10H2,1-2H3,(H,19,20). The van der Waals surface area contributed by atoms with Gasteiger partial charge in [-0.1, -0.05) is 12.1 Å². The smallest absolute Gasteiger partial charge is 0.336 e. The second kappa shape index (κ2) is 7.33. The largest absolute Gasteiger partial charge is 0.478 e. The molecule has 0 bridgehead atoms. The molecule has 0 unspecified atom stereocenters. The molecule has 0 aliphatic carbocycles. The molecule has 2 rings (SSSR count). The molecule has 2 aromatic rings. The van der Waals surface area contributed by atoms with Gasteiger partial charge in [-0.3, -0.25) is 0 Å². The van der Waals surface area contributed by atoms with Gasteiger partial charge < -0.3 is 5.11 Å². The lowest BCUT2D eigenvalue weighted by Crippen LogP contribution is -2.22. The van der Waals surface area contributed by atoms with Crippen LogP contribution in [0, 0.1) is 5.82 Å². The topological polar surface area (TPSA) is 74.7 Å². The summed E-state index contributed by atoms with van der Waals surface area (Å²) in [6.07, 6.45) is 0. The molecule has 0 aliphatic heterocycles. The van der Waals surface area contributed by atoms with Gasteiger partial charge in [0.15, 0.2) is 0 Å². The molecule has 0 spiro atoms. The molecule has 0 aromatic heterocycles. The maximum atomic E-state index is 12.9. The Morgan fingerprint density at radius 2 is 1.79 bits per heavy atom. The second-order valence-electron chi connectivity index (χ2n) is 5.17. The number of halogens is 1. The van der Waals surface area contributed by atoms with Gasteiger partial charge >= 0.3 is 5.97 Å². The molecule has 2 aromatic carbocycles. The number of carboxylic acids is 1. The van der Waals surface area contributed by atoms with Crippen LogP contribution in [0.25, 0.3) is 0 Å². The minimum absolute atomic E-state index is 0.0731. The number of carbonyl (C=O) groups is 1. The highest BCUT2D eigenvalue weighted by atomic mass is 32.2. The van der Waals surface area contributed by atoms with Crippen molar-refractivity contribution in [1.82, 2.24) is 4.31 Å². The lowest BCUT2D eigenvalue weighted by Gasteiger charge is -2.13. The van der Waals surface area contributed by atoms with E-state index in [1.807, 2.05) is 0 Å². The van der Waals surface area contributed by atoms with Gasteiger partial charge in [0, 0.05) is 24.7 Å². The molecule has 0 heterocycles. The molecule has 0 saturated heterocycles. The van der Waals surface area contributed by atoms with Crippen LogP contribution in [0.15, 0.2) is 52.3 Å². The molecule has 0 radical (unpaired) electrons. The third kappa shape index (κ3) is 4.14. The van der Waals surface area contributed by atoms with Crippen LogP contribution in [0.4, 0.5) is 4.39 Å². The number of thioether (sulfide) groups is 1. The van der Waals surface area contributed by atoms with Crippen LogP contribution in [-0.4, -0.2) is 37.9 Å².